The van der Waals surface area contributed by atoms with Crippen molar-refractivity contribution in [2.24, 2.45) is 5.14 Å². The van der Waals surface area contributed by atoms with Gasteiger partial charge in [-0.05, 0) is 32.0 Å². The minimum atomic E-state index is -3.80. The summed E-state index contributed by atoms with van der Waals surface area (Å²) in [7, 11) is -3.80. The number of carbonyl (C=O) groups is 1. The Morgan fingerprint density at radius 1 is 1.30 bits per heavy atom. The molecule has 7 nitrogen and oxygen atoms in total. The lowest BCUT2D eigenvalue weighted by Gasteiger charge is -2.19. The number of carbonyl (C=O) groups excluding carboxylic acids is 1. The number of nitrogens with one attached hydrogen (secondary N) is 1. The summed E-state index contributed by atoms with van der Waals surface area (Å²) in [5.41, 5.74) is 6.46. The van der Waals surface area contributed by atoms with Crippen LogP contribution in [0.3, 0.4) is 0 Å². The van der Waals surface area contributed by atoms with Gasteiger partial charge >= 0.3 is 0 Å². The van der Waals surface area contributed by atoms with E-state index in [0.717, 1.165) is 0 Å². The molecule has 0 radical (unpaired) electrons. The van der Waals surface area contributed by atoms with Gasteiger partial charge in [-0.25, -0.2) is 13.6 Å². The maximum absolute atomic E-state index is 11.9. The molecule has 1 aromatic carbocycles. The Hall–Kier alpha value is -1.80. The number of amides is 1. The summed E-state index contributed by atoms with van der Waals surface area (Å²) >= 11 is 0. The summed E-state index contributed by atoms with van der Waals surface area (Å²) in [6.07, 6.45) is 0. The summed E-state index contributed by atoms with van der Waals surface area (Å²) in [5.74, 6) is -0.0876. The number of sulfonamides is 1. The molecule has 0 unspecified atom stereocenters. The van der Waals surface area contributed by atoms with Gasteiger partial charge in [-0.2, -0.15) is 0 Å². The molecule has 0 spiro atoms. The highest BCUT2D eigenvalue weighted by Gasteiger charge is 2.13. The molecule has 5 N–H and O–H groups in total. The lowest BCUT2D eigenvalue weighted by atomic mass is 10.2. The SMILES string of the molecule is CCN(CC)C(=O)CNc1cc(S(N)(=O)=O)ccc1N. The fourth-order valence-electron chi connectivity index (χ4n) is 1.72. The van der Waals surface area contributed by atoms with Gasteiger partial charge in [0.15, 0.2) is 0 Å². The third-order valence-electron chi connectivity index (χ3n) is 2.90. The van der Waals surface area contributed by atoms with Crippen LogP contribution in [0.2, 0.25) is 0 Å². The lowest BCUT2D eigenvalue weighted by molar-refractivity contribution is -0.128. The monoisotopic (exact) mass is 300 g/mol. The molecule has 1 amide bonds. The average Bonchev–Trinajstić information content (AvgIpc) is 2.37. The van der Waals surface area contributed by atoms with Crippen molar-refractivity contribution in [3.05, 3.63) is 18.2 Å². The highest BCUT2D eigenvalue weighted by Crippen LogP contribution is 2.21. The normalized spacial score (nSPS) is 11.2. The summed E-state index contributed by atoms with van der Waals surface area (Å²) < 4.78 is 22.5. The van der Waals surface area contributed by atoms with E-state index in [1.165, 1.54) is 18.2 Å². The first-order valence-electron chi connectivity index (χ1n) is 6.23. The van der Waals surface area contributed by atoms with E-state index in [4.69, 9.17) is 10.9 Å². The van der Waals surface area contributed by atoms with Crippen molar-refractivity contribution in [2.75, 3.05) is 30.7 Å². The van der Waals surface area contributed by atoms with Gasteiger partial charge in [-0.1, -0.05) is 0 Å². The van der Waals surface area contributed by atoms with Crippen molar-refractivity contribution in [3.63, 3.8) is 0 Å². The van der Waals surface area contributed by atoms with Gasteiger partial charge in [-0.3, -0.25) is 4.79 Å². The number of likely N-dealkylation sites (N-methyl/N-ethyl adjacent to an activating group) is 1. The predicted molar refractivity (Wildman–Crippen MR) is 78.6 cm³/mol. The van der Waals surface area contributed by atoms with E-state index in [0.29, 0.717) is 24.5 Å². The fraction of sp³-hybridized carbons (Fsp3) is 0.417. The zero-order chi connectivity index (χ0) is 15.3. The van der Waals surface area contributed by atoms with E-state index >= 15 is 0 Å². The lowest BCUT2D eigenvalue weighted by Crippen LogP contribution is -2.35. The van der Waals surface area contributed by atoms with Crippen LogP contribution in [0.4, 0.5) is 11.4 Å². The molecule has 0 aliphatic carbocycles. The second kappa shape index (κ2) is 6.58. The Labute approximate surface area is 119 Å². The van der Waals surface area contributed by atoms with Crippen LogP contribution in [0.15, 0.2) is 23.1 Å². The first-order chi connectivity index (χ1) is 9.29. The number of hydrogen-bond acceptors (Lipinski definition) is 5. The van der Waals surface area contributed by atoms with Gasteiger partial charge in [0.25, 0.3) is 0 Å². The van der Waals surface area contributed by atoms with Crippen LogP contribution < -0.4 is 16.2 Å². The van der Waals surface area contributed by atoms with Crippen LogP contribution in [0.5, 0.6) is 0 Å². The molecule has 8 heteroatoms. The number of primary sulfonamides is 1. The summed E-state index contributed by atoms with van der Waals surface area (Å²) in [6, 6.07) is 4.08. The van der Waals surface area contributed by atoms with Crippen LogP contribution >= 0.6 is 0 Å². The van der Waals surface area contributed by atoms with Crippen LogP contribution in [-0.2, 0) is 14.8 Å². The van der Waals surface area contributed by atoms with E-state index in [1.54, 1.807) is 4.90 Å². The number of nitrogens with two attached hydrogens (primary N) is 2. The molecule has 0 fully saturated rings. The van der Waals surface area contributed by atoms with Gasteiger partial charge in [-0.15, -0.1) is 0 Å². The number of nitrogen functional groups attached to an aromatic ring is 1. The highest BCUT2D eigenvalue weighted by molar-refractivity contribution is 7.89. The quantitative estimate of drug-likeness (QED) is 0.648. The molecule has 0 aliphatic rings. The van der Waals surface area contributed by atoms with Gasteiger partial charge in [0.05, 0.1) is 22.8 Å². The molecule has 0 saturated carbocycles. The molecule has 0 bridgehead atoms. The Morgan fingerprint density at radius 3 is 2.40 bits per heavy atom. The van der Waals surface area contributed by atoms with Crippen molar-refractivity contribution in [1.82, 2.24) is 4.90 Å². The summed E-state index contributed by atoms with van der Waals surface area (Å²) in [5, 5.41) is 7.89. The van der Waals surface area contributed by atoms with E-state index in [9.17, 15) is 13.2 Å². The number of anilines is 2. The minimum absolute atomic E-state index is 0.0416. The molecule has 1 rings (SSSR count). The third-order valence-corrected chi connectivity index (χ3v) is 3.81. The Kier molecular flexibility index (Phi) is 5.34. The standard InChI is InChI=1S/C12H20N4O3S/c1-3-16(4-2)12(17)8-15-11-7-9(20(14,18)19)5-6-10(11)13/h5-7,15H,3-4,8,13H2,1-2H3,(H2,14,18,19). The molecular formula is C12H20N4O3S. The van der Waals surface area contributed by atoms with Crippen LogP contribution in [0.1, 0.15) is 13.8 Å². The van der Waals surface area contributed by atoms with Crippen LogP contribution in [-0.4, -0.2) is 38.9 Å². The predicted octanol–water partition coefficient (Wildman–Crippen LogP) is 0.197. The van der Waals surface area contributed by atoms with Gasteiger partial charge < -0.3 is 16.0 Å². The van der Waals surface area contributed by atoms with E-state index < -0.39 is 10.0 Å². The Morgan fingerprint density at radius 2 is 1.90 bits per heavy atom. The summed E-state index contributed by atoms with van der Waals surface area (Å²) in [6.45, 7) is 5.04. The second-order valence-corrected chi connectivity index (χ2v) is 5.78. The van der Waals surface area contributed by atoms with Crippen molar-refractivity contribution in [2.45, 2.75) is 18.7 Å². The minimum Gasteiger partial charge on any atom is -0.397 e. The molecule has 0 atom stereocenters. The van der Waals surface area contributed by atoms with Crippen LogP contribution in [0, 0.1) is 0 Å². The zero-order valence-electron chi connectivity index (χ0n) is 11.6. The molecule has 112 valence electrons. The van der Waals surface area contributed by atoms with Gasteiger partial charge in [0, 0.05) is 13.1 Å². The molecular weight excluding hydrogens is 280 g/mol. The first kappa shape index (κ1) is 16.3. The Balaban J connectivity index is 2.85. The topological polar surface area (TPSA) is 119 Å². The number of nitrogens with zero attached hydrogens (tertiary/aromatic N) is 1. The fourth-order valence-corrected chi connectivity index (χ4v) is 2.26. The first-order valence-corrected chi connectivity index (χ1v) is 7.78. The number of benzene rings is 1. The van der Waals surface area contributed by atoms with Crippen molar-refractivity contribution >= 4 is 27.3 Å². The number of rotatable bonds is 6. The molecule has 0 aliphatic heterocycles. The number of hydrogen-bond donors (Lipinski definition) is 3. The maximum atomic E-state index is 11.9. The van der Waals surface area contributed by atoms with Crippen molar-refractivity contribution < 1.29 is 13.2 Å². The molecule has 20 heavy (non-hydrogen) atoms. The Bertz CT molecular complexity index is 582. The van der Waals surface area contributed by atoms with E-state index in [1.807, 2.05) is 13.8 Å². The van der Waals surface area contributed by atoms with E-state index in [-0.39, 0.29) is 17.3 Å². The van der Waals surface area contributed by atoms with Crippen molar-refractivity contribution in [1.29, 1.82) is 0 Å². The average molecular weight is 300 g/mol. The van der Waals surface area contributed by atoms with Crippen LogP contribution in [0.25, 0.3) is 0 Å². The van der Waals surface area contributed by atoms with E-state index in [2.05, 4.69) is 5.32 Å². The van der Waals surface area contributed by atoms with Gasteiger partial charge in [0.1, 0.15) is 0 Å². The third kappa shape index (κ3) is 4.10. The van der Waals surface area contributed by atoms with Crippen molar-refractivity contribution in [3.8, 4) is 0 Å². The highest BCUT2D eigenvalue weighted by atomic mass is 32.2. The largest absolute Gasteiger partial charge is 0.397 e. The molecule has 0 heterocycles. The summed E-state index contributed by atoms with van der Waals surface area (Å²) in [4.78, 5) is 13.5. The smallest absolute Gasteiger partial charge is 0.241 e. The molecule has 1 aromatic rings. The maximum Gasteiger partial charge on any atom is 0.241 e. The molecule has 0 aromatic heterocycles. The zero-order valence-corrected chi connectivity index (χ0v) is 12.4. The van der Waals surface area contributed by atoms with Gasteiger partial charge in [0.2, 0.25) is 15.9 Å². The molecule has 0 saturated heterocycles. The second-order valence-electron chi connectivity index (χ2n) is 4.21.